The Morgan fingerprint density at radius 2 is 1.94 bits per heavy atom. The summed E-state index contributed by atoms with van der Waals surface area (Å²) < 4.78 is 1.26. The zero-order chi connectivity index (χ0) is 24.9. The van der Waals surface area contributed by atoms with Crippen LogP contribution in [-0.2, 0) is 17.9 Å². The number of azo groups is 1. The second-order valence-corrected chi connectivity index (χ2v) is 7.67. The molecule has 1 heterocycles. The average Bonchev–Trinajstić information content (AvgIpc) is 3.14. The molecule has 176 valence electrons. The smallest absolute Gasteiger partial charge is 0.309 e. The van der Waals surface area contributed by atoms with Gasteiger partial charge in [-0.05, 0) is 31.0 Å². The number of benzene rings is 1. The predicted octanol–water partition coefficient (Wildman–Crippen LogP) is 5.48. The van der Waals surface area contributed by atoms with Crippen LogP contribution < -0.4 is 10.2 Å². The van der Waals surface area contributed by atoms with E-state index < -0.39 is 0 Å². The number of anilines is 2. The molecule has 1 N–H and O–H groups in total. The summed E-state index contributed by atoms with van der Waals surface area (Å²) in [4.78, 5) is 17.5. The SMILES string of the molecule is [C-]#[N+]Cn1nc(CC#N)c(C#N)c1N=Nc1ccc(N(CCCC)CCCC)cc1NC(C)=O. The number of rotatable bonds is 12. The van der Waals surface area contributed by atoms with E-state index in [-0.39, 0.29) is 36.1 Å². The minimum absolute atomic E-state index is 0.0758. The summed E-state index contributed by atoms with van der Waals surface area (Å²) in [5.74, 6) is -0.136. The molecule has 0 saturated carbocycles. The van der Waals surface area contributed by atoms with Crippen LogP contribution in [0.2, 0.25) is 0 Å². The van der Waals surface area contributed by atoms with Crippen LogP contribution in [0.25, 0.3) is 4.85 Å². The third kappa shape index (κ3) is 6.88. The van der Waals surface area contributed by atoms with Crippen LogP contribution in [0.4, 0.5) is 22.9 Å². The molecule has 2 rings (SSSR count). The summed E-state index contributed by atoms with van der Waals surface area (Å²) >= 11 is 0. The number of nitrogens with one attached hydrogen (secondary N) is 1. The molecule has 0 aliphatic rings. The fourth-order valence-electron chi connectivity index (χ4n) is 3.35. The standard InChI is InChI=1S/C24H29N9O/c1-5-7-13-32(14-8-6-2)19-9-10-22(23(15-19)28-18(3)34)29-30-24-20(16-26)21(11-12-25)31-33(24)17-27-4/h9-10,15H,5-8,11,13-14,17H2,1-3H3,(H,28,34). The number of nitrogens with zero attached hydrogens (tertiary/aromatic N) is 8. The Hall–Kier alpha value is -4.23. The highest BCUT2D eigenvalue weighted by atomic mass is 16.1. The lowest BCUT2D eigenvalue weighted by Crippen LogP contribution is -2.25. The molecule has 1 amide bonds. The van der Waals surface area contributed by atoms with Crippen LogP contribution in [0.1, 0.15) is 57.7 Å². The summed E-state index contributed by atoms with van der Waals surface area (Å²) in [5.41, 5.74) is 2.25. The molecule has 0 aliphatic heterocycles. The van der Waals surface area contributed by atoms with E-state index in [1.807, 2.05) is 24.3 Å². The van der Waals surface area contributed by atoms with Gasteiger partial charge in [0.05, 0.1) is 23.9 Å². The number of amides is 1. The van der Waals surface area contributed by atoms with Gasteiger partial charge < -0.3 is 10.2 Å². The van der Waals surface area contributed by atoms with Gasteiger partial charge in [-0.25, -0.2) is 6.57 Å². The molecule has 10 heteroatoms. The molecule has 0 bridgehead atoms. The number of hydrogen-bond acceptors (Lipinski definition) is 7. The van der Waals surface area contributed by atoms with Crippen molar-refractivity contribution < 1.29 is 4.79 Å². The van der Waals surface area contributed by atoms with Crippen molar-refractivity contribution in [3.63, 3.8) is 0 Å². The first-order chi connectivity index (χ1) is 16.5. The lowest BCUT2D eigenvalue weighted by molar-refractivity contribution is -0.114. The lowest BCUT2D eigenvalue weighted by atomic mass is 10.2. The molecule has 0 aliphatic carbocycles. The minimum Gasteiger partial charge on any atom is -0.371 e. The monoisotopic (exact) mass is 459 g/mol. The number of carbonyl (C=O) groups is 1. The minimum atomic E-state index is -0.241. The van der Waals surface area contributed by atoms with E-state index >= 15 is 0 Å². The van der Waals surface area contributed by atoms with Crippen molar-refractivity contribution in [2.24, 2.45) is 10.2 Å². The van der Waals surface area contributed by atoms with Gasteiger partial charge in [-0.15, -0.1) is 10.2 Å². The highest BCUT2D eigenvalue weighted by Crippen LogP contribution is 2.33. The van der Waals surface area contributed by atoms with Crippen molar-refractivity contribution in [1.82, 2.24) is 9.78 Å². The topological polar surface area (TPSA) is 127 Å². The second-order valence-electron chi connectivity index (χ2n) is 7.67. The maximum atomic E-state index is 11.9. The van der Waals surface area contributed by atoms with Gasteiger partial charge in [0.25, 0.3) is 0 Å². The van der Waals surface area contributed by atoms with Crippen molar-refractivity contribution in [2.45, 2.75) is 59.5 Å². The Labute approximate surface area is 200 Å². The number of hydrogen-bond donors (Lipinski definition) is 1. The van der Waals surface area contributed by atoms with Crippen LogP contribution in [0.3, 0.4) is 0 Å². The molecular formula is C24H29N9O. The van der Waals surface area contributed by atoms with E-state index in [9.17, 15) is 10.1 Å². The van der Waals surface area contributed by atoms with Crippen molar-refractivity contribution >= 4 is 28.8 Å². The predicted molar refractivity (Wildman–Crippen MR) is 130 cm³/mol. The van der Waals surface area contributed by atoms with E-state index in [1.54, 1.807) is 6.07 Å². The summed E-state index contributed by atoms with van der Waals surface area (Å²) in [6.45, 7) is 14.5. The number of carbonyl (C=O) groups excluding carboxylic acids is 1. The zero-order valence-corrected chi connectivity index (χ0v) is 19.9. The summed E-state index contributed by atoms with van der Waals surface area (Å²) in [6.07, 6.45) is 4.22. The molecule has 0 unspecified atom stereocenters. The van der Waals surface area contributed by atoms with Gasteiger partial charge in [0.15, 0.2) is 5.82 Å². The first-order valence-electron chi connectivity index (χ1n) is 11.3. The molecule has 1 aromatic heterocycles. The average molecular weight is 460 g/mol. The van der Waals surface area contributed by atoms with Crippen LogP contribution in [-0.4, -0.2) is 28.8 Å². The summed E-state index contributed by atoms with van der Waals surface area (Å²) in [7, 11) is 0. The maximum Gasteiger partial charge on any atom is 0.309 e. The van der Waals surface area contributed by atoms with E-state index in [0.717, 1.165) is 44.5 Å². The molecule has 2 aromatic rings. The third-order valence-corrected chi connectivity index (χ3v) is 5.03. The Morgan fingerprint density at radius 1 is 1.24 bits per heavy atom. The second kappa shape index (κ2) is 13.3. The highest BCUT2D eigenvalue weighted by molar-refractivity contribution is 5.93. The fraction of sp³-hybridized carbons (Fsp3) is 0.458. The quantitative estimate of drug-likeness (QED) is 0.332. The lowest BCUT2D eigenvalue weighted by Gasteiger charge is -2.25. The fourth-order valence-corrected chi connectivity index (χ4v) is 3.35. The maximum absolute atomic E-state index is 11.9. The number of aromatic nitrogens is 2. The van der Waals surface area contributed by atoms with Gasteiger partial charge in [-0.3, -0.25) is 9.64 Å². The Bertz CT molecular complexity index is 1140. The molecule has 0 fully saturated rings. The van der Waals surface area contributed by atoms with Gasteiger partial charge in [0.2, 0.25) is 5.91 Å². The molecule has 0 saturated heterocycles. The molecule has 0 atom stereocenters. The Morgan fingerprint density at radius 3 is 2.50 bits per heavy atom. The van der Waals surface area contributed by atoms with Gasteiger partial charge in [-0.1, -0.05) is 26.7 Å². The Kier molecular flexibility index (Phi) is 10.2. The van der Waals surface area contributed by atoms with E-state index in [2.05, 4.69) is 44.2 Å². The van der Waals surface area contributed by atoms with Crippen LogP contribution in [0, 0.1) is 29.2 Å². The van der Waals surface area contributed by atoms with Gasteiger partial charge in [0, 0.05) is 25.7 Å². The van der Waals surface area contributed by atoms with Gasteiger partial charge >= 0.3 is 6.67 Å². The molecule has 0 radical (unpaired) electrons. The van der Waals surface area contributed by atoms with Gasteiger partial charge in [-0.2, -0.15) is 20.3 Å². The van der Waals surface area contributed by atoms with E-state index in [0.29, 0.717) is 11.4 Å². The van der Waals surface area contributed by atoms with E-state index in [4.69, 9.17) is 11.8 Å². The number of unbranched alkanes of at least 4 members (excludes halogenated alkanes) is 2. The largest absolute Gasteiger partial charge is 0.371 e. The normalized spacial score (nSPS) is 10.5. The third-order valence-electron chi connectivity index (χ3n) is 5.03. The van der Waals surface area contributed by atoms with Crippen molar-refractivity contribution in [3.05, 3.63) is 40.9 Å². The Balaban J connectivity index is 2.49. The van der Waals surface area contributed by atoms with Crippen LogP contribution >= 0.6 is 0 Å². The highest BCUT2D eigenvalue weighted by Gasteiger charge is 2.19. The molecule has 1 aromatic carbocycles. The summed E-state index contributed by atoms with van der Waals surface area (Å²) in [5, 5.41) is 34.0. The molecule has 0 spiro atoms. The van der Waals surface area contributed by atoms with Crippen molar-refractivity contribution in [1.29, 1.82) is 10.5 Å². The first-order valence-corrected chi connectivity index (χ1v) is 11.3. The van der Waals surface area contributed by atoms with Crippen molar-refractivity contribution in [3.8, 4) is 12.1 Å². The molecule has 34 heavy (non-hydrogen) atoms. The zero-order valence-electron chi connectivity index (χ0n) is 19.9. The van der Waals surface area contributed by atoms with Crippen LogP contribution in [0.5, 0.6) is 0 Å². The molecular weight excluding hydrogens is 430 g/mol. The van der Waals surface area contributed by atoms with Crippen LogP contribution in [0.15, 0.2) is 28.4 Å². The number of nitriles is 2. The first kappa shape index (κ1) is 26.0. The molecule has 10 nitrogen and oxygen atoms in total. The van der Waals surface area contributed by atoms with E-state index in [1.165, 1.54) is 11.6 Å². The van der Waals surface area contributed by atoms with Crippen molar-refractivity contribution in [2.75, 3.05) is 23.3 Å². The summed E-state index contributed by atoms with van der Waals surface area (Å²) in [6, 6.07) is 9.56. The van der Waals surface area contributed by atoms with Gasteiger partial charge in [0.1, 0.15) is 17.3 Å².